The summed E-state index contributed by atoms with van der Waals surface area (Å²) in [4.78, 5) is 3.98. The molecular formula is C11H8Br2N2O3S. The minimum absolute atomic E-state index is 0.0130. The molecule has 100 valence electrons. The summed E-state index contributed by atoms with van der Waals surface area (Å²) >= 11 is 6.52. The molecule has 0 amide bonds. The van der Waals surface area contributed by atoms with Gasteiger partial charge >= 0.3 is 0 Å². The highest BCUT2D eigenvalue weighted by Crippen LogP contribution is 2.31. The number of pyridine rings is 1. The van der Waals surface area contributed by atoms with E-state index in [1.807, 2.05) is 0 Å². The maximum atomic E-state index is 11.2. The molecule has 0 atom stereocenters. The Morgan fingerprint density at radius 2 is 1.89 bits per heavy atom. The van der Waals surface area contributed by atoms with Gasteiger partial charge in [0.1, 0.15) is 11.5 Å². The molecule has 0 aliphatic carbocycles. The van der Waals surface area contributed by atoms with Gasteiger partial charge in [0.05, 0.1) is 15.6 Å². The second-order valence-corrected chi connectivity index (χ2v) is 6.91. The van der Waals surface area contributed by atoms with Crippen molar-refractivity contribution in [2.75, 3.05) is 0 Å². The Bertz CT molecular complexity index is 720. The van der Waals surface area contributed by atoms with Crippen molar-refractivity contribution >= 4 is 41.9 Å². The number of benzene rings is 1. The van der Waals surface area contributed by atoms with Gasteiger partial charge in [0.25, 0.3) is 0 Å². The monoisotopic (exact) mass is 406 g/mol. The third-order valence-corrected chi connectivity index (χ3v) is 4.10. The van der Waals surface area contributed by atoms with E-state index in [9.17, 15) is 8.42 Å². The fourth-order valence-electron chi connectivity index (χ4n) is 1.32. The molecule has 0 unspecified atom stereocenters. The predicted molar refractivity (Wildman–Crippen MR) is 77.5 cm³/mol. The van der Waals surface area contributed by atoms with Crippen LogP contribution in [0.15, 0.2) is 50.5 Å². The number of sulfonamides is 1. The third-order valence-electron chi connectivity index (χ3n) is 2.14. The van der Waals surface area contributed by atoms with Crippen LogP contribution in [-0.4, -0.2) is 13.4 Å². The molecule has 1 aromatic heterocycles. The van der Waals surface area contributed by atoms with Crippen molar-refractivity contribution in [2.45, 2.75) is 4.90 Å². The molecule has 0 saturated heterocycles. The van der Waals surface area contributed by atoms with Crippen LogP contribution in [0, 0.1) is 0 Å². The van der Waals surface area contributed by atoms with Crippen LogP contribution in [0.4, 0.5) is 0 Å². The molecule has 19 heavy (non-hydrogen) atoms. The van der Waals surface area contributed by atoms with Crippen LogP contribution in [0.3, 0.4) is 0 Å². The predicted octanol–water partition coefficient (Wildman–Crippen LogP) is 3.05. The molecule has 0 bridgehead atoms. The lowest BCUT2D eigenvalue weighted by Gasteiger charge is -2.08. The van der Waals surface area contributed by atoms with Crippen molar-refractivity contribution in [3.05, 3.63) is 45.6 Å². The van der Waals surface area contributed by atoms with Crippen LogP contribution in [-0.2, 0) is 10.0 Å². The summed E-state index contributed by atoms with van der Waals surface area (Å²) < 4.78 is 29.2. The Morgan fingerprint density at radius 1 is 1.16 bits per heavy atom. The molecule has 1 heterocycles. The van der Waals surface area contributed by atoms with E-state index < -0.39 is 10.0 Å². The number of halogens is 2. The maximum absolute atomic E-state index is 11.2. The van der Waals surface area contributed by atoms with Crippen molar-refractivity contribution in [3.63, 3.8) is 0 Å². The van der Waals surface area contributed by atoms with Gasteiger partial charge in [-0.15, -0.1) is 0 Å². The number of primary sulfonamides is 1. The summed E-state index contributed by atoms with van der Waals surface area (Å²) in [6, 6.07) is 6.02. The van der Waals surface area contributed by atoms with E-state index in [1.165, 1.54) is 18.2 Å². The lowest BCUT2D eigenvalue weighted by atomic mass is 10.3. The molecule has 0 spiro atoms. The second-order valence-electron chi connectivity index (χ2n) is 3.58. The van der Waals surface area contributed by atoms with E-state index in [0.29, 0.717) is 16.0 Å². The zero-order chi connectivity index (χ0) is 14.0. The average Bonchev–Trinajstić information content (AvgIpc) is 2.30. The van der Waals surface area contributed by atoms with Crippen LogP contribution in [0.1, 0.15) is 0 Å². The van der Waals surface area contributed by atoms with Crippen molar-refractivity contribution < 1.29 is 13.2 Å². The Hall–Kier alpha value is -0.960. The van der Waals surface area contributed by atoms with Gasteiger partial charge in [0, 0.05) is 10.7 Å². The molecule has 0 saturated carbocycles. The van der Waals surface area contributed by atoms with Crippen molar-refractivity contribution in [1.29, 1.82) is 0 Å². The molecule has 0 fully saturated rings. The molecule has 1 aromatic carbocycles. The lowest BCUT2D eigenvalue weighted by Crippen LogP contribution is -2.11. The van der Waals surface area contributed by atoms with Crippen LogP contribution in [0.2, 0.25) is 0 Å². The van der Waals surface area contributed by atoms with E-state index in [1.54, 1.807) is 18.5 Å². The smallest absolute Gasteiger partial charge is 0.238 e. The number of rotatable bonds is 3. The quantitative estimate of drug-likeness (QED) is 0.847. The molecule has 2 N–H and O–H groups in total. The minimum atomic E-state index is -3.73. The zero-order valence-electron chi connectivity index (χ0n) is 9.38. The molecule has 2 rings (SSSR count). The van der Waals surface area contributed by atoms with Gasteiger partial charge in [-0.05, 0) is 56.1 Å². The fraction of sp³-hybridized carbons (Fsp3) is 0. The summed E-state index contributed by atoms with van der Waals surface area (Å²) in [5.74, 6) is 0.991. The summed E-state index contributed by atoms with van der Waals surface area (Å²) in [6.45, 7) is 0. The van der Waals surface area contributed by atoms with Crippen molar-refractivity contribution in [2.24, 2.45) is 5.14 Å². The number of nitrogens with two attached hydrogens (primary N) is 1. The standard InChI is InChI=1S/C11H8Br2N2O3S/c12-7-3-8(6-15-5-7)18-11-2-1-9(4-10(11)13)19(14,16)17/h1-6H,(H2,14,16,17). The van der Waals surface area contributed by atoms with Gasteiger partial charge in [-0.3, -0.25) is 4.98 Å². The first-order valence-electron chi connectivity index (χ1n) is 4.97. The van der Waals surface area contributed by atoms with Gasteiger partial charge < -0.3 is 4.74 Å². The number of nitrogens with zero attached hydrogens (tertiary/aromatic N) is 1. The second kappa shape index (κ2) is 5.58. The zero-order valence-corrected chi connectivity index (χ0v) is 13.4. The highest BCUT2D eigenvalue weighted by Gasteiger charge is 2.11. The van der Waals surface area contributed by atoms with Crippen molar-refractivity contribution in [1.82, 2.24) is 4.98 Å². The molecule has 2 aromatic rings. The van der Waals surface area contributed by atoms with E-state index in [0.717, 1.165) is 4.47 Å². The van der Waals surface area contributed by atoms with Gasteiger partial charge in [-0.1, -0.05) is 0 Å². The van der Waals surface area contributed by atoms with E-state index >= 15 is 0 Å². The fourth-order valence-corrected chi connectivity index (χ4v) is 2.81. The summed E-state index contributed by atoms with van der Waals surface area (Å²) in [5, 5.41) is 5.04. The summed E-state index contributed by atoms with van der Waals surface area (Å²) in [6.07, 6.45) is 3.18. The minimum Gasteiger partial charge on any atom is -0.455 e. The Labute approximate surface area is 127 Å². The Morgan fingerprint density at radius 3 is 2.47 bits per heavy atom. The Kier molecular flexibility index (Phi) is 4.24. The molecule has 8 heteroatoms. The topological polar surface area (TPSA) is 82.3 Å². The largest absolute Gasteiger partial charge is 0.455 e. The summed E-state index contributed by atoms with van der Waals surface area (Å²) in [5.41, 5.74) is 0. The molecule has 0 aliphatic rings. The average molecular weight is 408 g/mol. The summed E-state index contributed by atoms with van der Waals surface area (Å²) in [7, 11) is -3.73. The van der Waals surface area contributed by atoms with Crippen LogP contribution < -0.4 is 9.88 Å². The van der Waals surface area contributed by atoms with E-state index in [4.69, 9.17) is 9.88 Å². The number of hydrogen-bond donors (Lipinski definition) is 1. The molecule has 0 radical (unpaired) electrons. The highest BCUT2D eigenvalue weighted by atomic mass is 79.9. The number of ether oxygens (including phenoxy) is 1. The SMILES string of the molecule is NS(=O)(=O)c1ccc(Oc2cncc(Br)c2)c(Br)c1. The highest BCUT2D eigenvalue weighted by molar-refractivity contribution is 9.10. The van der Waals surface area contributed by atoms with Crippen LogP contribution in [0.5, 0.6) is 11.5 Å². The number of hydrogen-bond acceptors (Lipinski definition) is 4. The van der Waals surface area contributed by atoms with Gasteiger partial charge in [-0.25, -0.2) is 13.6 Å². The van der Waals surface area contributed by atoms with Crippen LogP contribution in [0.25, 0.3) is 0 Å². The van der Waals surface area contributed by atoms with E-state index in [2.05, 4.69) is 36.8 Å². The number of aromatic nitrogens is 1. The van der Waals surface area contributed by atoms with Gasteiger partial charge in [0.2, 0.25) is 10.0 Å². The first-order chi connectivity index (χ1) is 8.86. The van der Waals surface area contributed by atoms with Crippen molar-refractivity contribution in [3.8, 4) is 11.5 Å². The van der Waals surface area contributed by atoms with E-state index in [-0.39, 0.29) is 4.90 Å². The third kappa shape index (κ3) is 3.75. The Balaban J connectivity index is 2.32. The molecular weight excluding hydrogens is 400 g/mol. The van der Waals surface area contributed by atoms with Gasteiger partial charge in [0.15, 0.2) is 0 Å². The first-order valence-corrected chi connectivity index (χ1v) is 8.10. The molecule has 0 aliphatic heterocycles. The van der Waals surface area contributed by atoms with Gasteiger partial charge in [-0.2, -0.15) is 0 Å². The first kappa shape index (κ1) is 14.4. The molecule has 5 nitrogen and oxygen atoms in total. The maximum Gasteiger partial charge on any atom is 0.238 e. The lowest BCUT2D eigenvalue weighted by molar-refractivity contribution is 0.476. The van der Waals surface area contributed by atoms with Crippen LogP contribution >= 0.6 is 31.9 Å². The normalized spacial score (nSPS) is 11.3.